The first-order valence-electron chi connectivity index (χ1n) is 7.48. The zero-order valence-corrected chi connectivity index (χ0v) is 12.9. The minimum absolute atomic E-state index is 0.0160. The summed E-state index contributed by atoms with van der Waals surface area (Å²) in [5.74, 6) is 0.399. The van der Waals surface area contributed by atoms with E-state index >= 15 is 0 Å². The van der Waals surface area contributed by atoms with Gasteiger partial charge in [0.05, 0.1) is 19.6 Å². The van der Waals surface area contributed by atoms with Gasteiger partial charge in [-0.3, -0.25) is 9.59 Å². The van der Waals surface area contributed by atoms with E-state index in [2.05, 4.69) is 0 Å². The standard InChI is InChI=1S/C16H18N2O5/c1-22-13-4-2-11(3-5-13)8-14(19)17-7-6-12(9-17)18-15(20)10-23-16(18)21/h2-5,12H,6-10H2,1H3/t12-/m0/s1. The number of methoxy groups -OCH3 is 1. The Balaban J connectivity index is 1.58. The Kier molecular flexibility index (Phi) is 4.18. The van der Waals surface area contributed by atoms with E-state index in [0.29, 0.717) is 19.5 Å². The van der Waals surface area contributed by atoms with Crippen LogP contribution in [0.4, 0.5) is 4.79 Å². The Morgan fingerprint density at radius 1 is 1.30 bits per heavy atom. The first-order chi connectivity index (χ1) is 11.1. The van der Waals surface area contributed by atoms with Gasteiger partial charge in [0.25, 0.3) is 5.91 Å². The molecule has 0 saturated carbocycles. The van der Waals surface area contributed by atoms with Crippen molar-refractivity contribution < 1.29 is 23.9 Å². The van der Waals surface area contributed by atoms with Crippen molar-refractivity contribution in [3.63, 3.8) is 0 Å². The van der Waals surface area contributed by atoms with Crippen LogP contribution in [0.15, 0.2) is 24.3 Å². The number of rotatable bonds is 4. The minimum atomic E-state index is -0.607. The van der Waals surface area contributed by atoms with E-state index in [1.54, 1.807) is 12.0 Å². The lowest BCUT2D eigenvalue weighted by atomic mass is 10.1. The van der Waals surface area contributed by atoms with E-state index < -0.39 is 6.09 Å². The smallest absolute Gasteiger partial charge is 0.417 e. The summed E-state index contributed by atoms with van der Waals surface area (Å²) >= 11 is 0. The number of likely N-dealkylation sites (tertiary alicyclic amines) is 1. The molecule has 2 heterocycles. The second kappa shape index (κ2) is 6.28. The maximum absolute atomic E-state index is 12.4. The molecule has 23 heavy (non-hydrogen) atoms. The Hall–Kier alpha value is -2.57. The van der Waals surface area contributed by atoms with E-state index in [4.69, 9.17) is 9.47 Å². The van der Waals surface area contributed by atoms with Gasteiger partial charge in [0.15, 0.2) is 6.61 Å². The van der Waals surface area contributed by atoms with Crippen LogP contribution >= 0.6 is 0 Å². The summed E-state index contributed by atoms with van der Waals surface area (Å²) in [6, 6.07) is 7.05. The number of benzene rings is 1. The third-order valence-electron chi connectivity index (χ3n) is 4.18. The molecule has 0 spiro atoms. The average molecular weight is 318 g/mol. The summed E-state index contributed by atoms with van der Waals surface area (Å²) in [4.78, 5) is 38.4. The monoisotopic (exact) mass is 318 g/mol. The normalized spacial score (nSPS) is 20.8. The first-order valence-corrected chi connectivity index (χ1v) is 7.48. The molecule has 2 fully saturated rings. The highest BCUT2D eigenvalue weighted by Crippen LogP contribution is 2.21. The van der Waals surface area contributed by atoms with Crippen LogP contribution in [-0.2, 0) is 20.7 Å². The summed E-state index contributed by atoms with van der Waals surface area (Å²) in [6.45, 7) is 0.710. The molecule has 3 amide bonds. The molecule has 0 N–H and O–H groups in total. The van der Waals surface area contributed by atoms with Crippen LogP contribution in [0.3, 0.4) is 0 Å². The molecule has 122 valence electrons. The molecule has 1 atom stereocenters. The molecular formula is C16H18N2O5. The van der Waals surface area contributed by atoms with Crippen LogP contribution in [0.1, 0.15) is 12.0 Å². The summed E-state index contributed by atoms with van der Waals surface area (Å²) in [6.07, 6.45) is 0.272. The van der Waals surface area contributed by atoms with Gasteiger partial charge in [-0.2, -0.15) is 0 Å². The molecule has 0 aromatic heterocycles. The van der Waals surface area contributed by atoms with E-state index in [0.717, 1.165) is 16.2 Å². The molecule has 1 aromatic carbocycles. The van der Waals surface area contributed by atoms with Gasteiger partial charge in [-0.25, -0.2) is 9.69 Å². The van der Waals surface area contributed by atoms with Gasteiger partial charge in [-0.1, -0.05) is 12.1 Å². The van der Waals surface area contributed by atoms with Crippen LogP contribution in [0.25, 0.3) is 0 Å². The second-order valence-electron chi connectivity index (χ2n) is 5.63. The largest absolute Gasteiger partial charge is 0.497 e. The Morgan fingerprint density at radius 3 is 2.65 bits per heavy atom. The van der Waals surface area contributed by atoms with Crippen LogP contribution in [0.5, 0.6) is 5.75 Å². The number of imide groups is 1. The summed E-state index contributed by atoms with van der Waals surface area (Å²) in [5, 5.41) is 0. The van der Waals surface area contributed by atoms with E-state index in [9.17, 15) is 14.4 Å². The number of hydrogen-bond acceptors (Lipinski definition) is 5. The fourth-order valence-corrected chi connectivity index (χ4v) is 2.93. The number of nitrogens with zero attached hydrogens (tertiary/aromatic N) is 2. The molecule has 2 saturated heterocycles. The highest BCUT2D eigenvalue weighted by molar-refractivity contribution is 5.98. The number of carbonyl (C=O) groups excluding carboxylic acids is 3. The third-order valence-corrected chi connectivity index (χ3v) is 4.18. The number of hydrogen-bond donors (Lipinski definition) is 0. The number of carbonyl (C=O) groups is 3. The van der Waals surface area contributed by atoms with Crippen molar-refractivity contribution in [2.75, 3.05) is 26.8 Å². The second-order valence-corrected chi connectivity index (χ2v) is 5.63. The van der Waals surface area contributed by atoms with Gasteiger partial charge in [0, 0.05) is 13.1 Å². The Bertz CT molecular complexity index is 612. The fraction of sp³-hybridized carbons (Fsp3) is 0.438. The van der Waals surface area contributed by atoms with Gasteiger partial charge in [0.2, 0.25) is 5.91 Å². The topological polar surface area (TPSA) is 76.2 Å². The molecule has 0 aliphatic carbocycles. The van der Waals surface area contributed by atoms with Crippen molar-refractivity contribution in [1.29, 1.82) is 0 Å². The molecule has 0 bridgehead atoms. The lowest BCUT2D eigenvalue weighted by Crippen LogP contribution is -2.42. The molecule has 7 heteroatoms. The summed E-state index contributed by atoms with van der Waals surface area (Å²) < 4.78 is 9.81. The van der Waals surface area contributed by atoms with E-state index in [1.807, 2.05) is 24.3 Å². The highest BCUT2D eigenvalue weighted by atomic mass is 16.6. The lowest BCUT2D eigenvalue weighted by Gasteiger charge is -2.20. The third kappa shape index (κ3) is 3.13. The number of amides is 3. The van der Waals surface area contributed by atoms with Crippen LogP contribution < -0.4 is 4.74 Å². The molecule has 2 aliphatic rings. The predicted molar refractivity (Wildman–Crippen MR) is 79.9 cm³/mol. The van der Waals surface area contributed by atoms with E-state index in [1.165, 1.54) is 0 Å². The summed E-state index contributed by atoms with van der Waals surface area (Å²) in [7, 11) is 1.59. The number of ether oxygens (including phenoxy) is 2. The van der Waals surface area contributed by atoms with Crippen LogP contribution in [-0.4, -0.2) is 60.6 Å². The fourth-order valence-electron chi connectivity index (χ4n) is 2.93. The van der Waals surface area contributed by atoms with Gasteiger partial charge < -0.3 is 14.4 Å². The van der Waals surface area contributed by atoms with Gasteiger partial charge >= 0.3 is 6.09 Å². The van der Waals surface area contributed by atoms with E-state index in [-0.39, 0.29) is 30.9 Å². The highest BCUT2D eigenvalue weighted by Gasteiger charge is 2.41. The van der Waals surface area contributed by atoms with Crippen molar-refractivity contribution in [1.82, 2.24) is 9.80 Å². The van der Waals surface area contributed by atoms with Crippen LogP contribution in [0.2, 0.25) is 0 Å². The quantitative estimate of drug-likeness (QED) is 0.821. The maximum atomic E-state index is 12.4. The predicted octanol–water partition coefficient (Wildman–Crippen LogP) is 0.817. The minimum Gasteiger partial charge on any atom is -0.497 e. The maximum Gasteiger partial charge on any atom is 0.417 e. The summed E-state index contributed by atoms with van der Waals surface area (Å²) in [5.41, 5.74) is 0.899. The van der Waals surface area contributed by atoms with Gasteiger partial charge in [-0.15, -0.1) is 0 Å². The van der Waals surface area contributed by atoms with Crippen molar-refractivity contribution in [2.24, 2.45) is 0 Å². The molecule has 0 unspecified atom stereocenters. The Labute approximate surface area is 133 Å². The van der Waals surface area contributed by atoms with Crippen molar-refractivity contribution in [3.05, 3.63) is 29.8 Å². The van der Waals surface area contributed by atoms with Gasteiger partial charge in [-0.05, 0) is 24.1 Å². The molecule has 3 rings (SSSR count). The average Bonchev–Trinajstić information content (AvgIpc) is 3.15. The molecule has 7 nitrogen and oxygen atoms in total. The lowest BCUT2D eigenvalue weighted by molar-refractivity contribution is -0.131. The van der Waals surface area contributed by atoms with Crippen molar-refractivity contribution >= 4 is 17.9 Å². The van der Waals surface area contributed by atoms with Gasteiger partial charge in [0.1, 0.15) is 5.75 Å². The molecule has 0 radical (unpaired) electrons. The number of cyclic esters (lactones) is 1. The van der Waals surface area contributed by atoms with Crippen LogP contribution in [0, 0.1) is 0 Å². The molecule has 1 aromatic rings. The zero-order chi connectivity index (χ0) is 16.4. The van der Waals surface area contributed by atoms with Crippen molar-refractivity contribution in [3.8, 4) is 5.75 Å². The SMILES string of the molecule is COc1ccc(CC(=O)N2CC[C@H](N3C(=O)COC3=O)C2)cc1. The van der Waals surface area contributed by atoms with Crippen molar-refractivity contribution in [2.45, 2.75) is 18.9 Å². The molecule has 2 aliphatic heterocycles. The Morgan fingerprint density at radius 2 is 2.04 bits per heavy atom. The molecular weight excluding hydrogens is 300 g/mol. The zero-order valence-electron chi connectivity index (χ0n) is 12.9. The first kappa shape index (κ1) is 15.3.